The lowest BCUT2D eigenvalue weighted by Crippen LogP contribution is -2.39. The van der Waals surface area contributed by atoms with Gasteiger partial charge < -0.3 is 15.0 Å². The monoisotopic (exact) mass is 252 g/mol. The highest BCUT2D eigenvalue weighted by molar-refractivity contribution is 5.07. The number of hydrogen-bond acceptors (Lipinski definition) is 4. The van der Waals surface area contributed by atoms with Crippen molar-refractivity contribution in [2.75, 3.05) is 26.8 Å². The number of hydrogen-bond donors (Lipinski definition) is 1. The fraction of sp³-hybridized carbons (Fsp3) is 0.769. The first-order valence-corrected chi connectivity index (χ1v) is 6.77. The van der Waals surface area contributed by atoms with Crippen LogP contribution in [-0.4, -0.2) is 47.3 Å². The van der Waals surface area contributed by atoms with Gasteiger partial charge in [-0.2, -0.15) is 0 Å². The number of imidazole rings is 1. The normalized spacial score (nSPS) is 21.7. The Kier molecular flexibility index (Phi) is 4.74. The minimum atomic E-state index is 0.228. The van der Waals surface area contributed by atoms with Crippen molar-refractivity contribution in [2.24, 2.45) is 5.73 Å². The smallest absolute Gasteiger partial charge is 0.0948 e. The third-order valence-electron chi connectivity index (χ3n) is 3.75. The second-order valence-electron chi connectivity index (χ2n) is 4.95. The molecule has 5 heteroatoms. The number of ether oxygens (including phenoxy) is 1. The van der Waals surface area contributed by atoms with Crippen molar-refractivity contribution in [2.45, 2.75) is 38.4 Å². The zero-order chi connectivity index (χ0) is 13.0. The molecular weight excluding hydrogens is 228 g/mol. The number of likely N-dealkylation sites (N-methyl/N-ethyl adjacent to an activating group) is 1. The van der Waals surface area contributed by atoms with Crippen molar-refractivity contribution in [1.29, 1.82) is 0 Å². The molecule has 0 saturated carbocycles. The van der Waals surface area contributed by atoms with Gasteiger partial charge in [0.2, 0.25) is 0 Å². The van der Waals surface area contributed by atoms with Crippen LogP contribution in [0.5, 0.6) is 0 Å². The Morgan fingerprint density at radius 3 is 3.11 bits per heavy atom. The number of rotatable bonds is 6. The number of nitrogens with two attached hydrogens (primary N) is 1. The van der Waals surface area contributed by atoms with Crippen LogP contribution < -0.4 is 5.73 Å². The summed E-state index contributed by atoms with van der Waals surface area (Å²) in [5, 5.41) is 0. The van der Waals surface area contributed by atoms with E-state index < -0.39 is 0 Å². The SMILES string of the molecule is CCCn1cncc1C(CN)N(C)C1CCOC1. The first-order chi connectivity index (χ1) is 8.77. The Labute approximate surface area is 109 Å². The highest BCUT2D eigenvalue weighted by Gasteiger charge is 2.28. The van der Waals surface area contributed by atoms with Crippen LogP contribution in [0.3, 0.4) is 0 Å². The maximum absolute atomic E-state index is 5.97. The summed E-state index contributed by atoms with van der Waals surface area (Å²) in [6.07, 6.45) is 6.05. The highest BCUT2D eigenvalue weighted by atomic mass is 16.5. The van der Waals surface area contributed by atoms with Gasteiger partial charge in [-0.15, -0.1) is 0 Å². The summed E-state index contributed by atoms with van der Waals surface area (Å²) in [5.41, 5.74) is 7.19. The lowest BCUT2D eigenvalue weighted by Gasteiger charge is -2.31. The van der Waals surface area contributed by atoms with Crippen molar-refractivity contribution in [3.05, 3.63) is 18.2 Å². The van der Waals surface area contributed by atoms with E-state index in [4.69, 9.17) is 10.5 Å². The molecule has 1 aromatic rings. The van der Waals surface area contributed by atoms with E-state index >= 15 is 0 Å². The Bertz CT molecular complexity index is 360. The van der Waals surface area contributed by atoms with Crippen LogP contribution in [-0.2, 0) is 11.3 Å². The molecule has 18 heavy (non-hydrogen) atoms. The molecule has 0 aromatic carbocycles. The average molecular weight is 252 g/mol. The van der Waals surface area contributed by atoms with E-state index in [0.717, 1.165) is 32.6 Å². The molecule has 102 valence electrons. The van der Waals surface area contributed by atoms with Crippen molar-refractivity contribution in [3.63, 3.8) is 0 Å². The number of aryl methyl sites for hydroxylation is 1. The zero-order valence-electron chi connectivity index (χ0n) is 11.4. The Balaban J connectivity index is 2.13. The third kappa shape index (κ3) is 2.74. The Hall–Kier alpha value is -0.910. The van der Waals surface area contributed by atoms with E-state index in [1.54, 1.807) is 0 Å². The molecule has 1 saturated heterocycles. The standard InChI is InChI=1S/C13H24N4O/c1-3-5-17-10-15-8-13(17)12(7-14)16(2)11-4-6-18-9-11/h8,10-12H,3-7,9,14H2,1-2H3. The minimum Gasteiger partial charge on any atom is -0.380 e. The summed E-state index contributed by atoms with van der Waals surface area (Å²) in [5.74, 6) is 0. The van der Waals surface area contributed by atoms with Gasteiger partial charge in [0.05, 0.1) is 24.7 Å². The molecule has 1 fully saturated rings. The quantitative estimate of drug-likeness (QED) is 0.821. The van der Waals surface area contributed by atoms with Gasteiger partial charge in [-0.05, 0) is 19.9 Å². The molecule has 1 aromatic heterocycles. The molecule has 2 N–H and O–H groups in total. The summed E-state index contributed by atoms with van der Waals surface area (Å²) >= 11 is 0. The predicted molar refractivity (Wildman–Crippen MR) is 71.3 cm³/mol. The van der Waals surface area contributed by atoms with Crippen LogP contribution in [0.1, 0.15) is 31.5 Å². The third-order valence-corrected chi connectivity index (χ3v) is 3.75. The van der Waals surface area contributed by atoms with Gasteiger partial charge in [0.15, 0.2) is 0 Å². The topological polar surface area (TPSA) is 56.3 Å². The molecule has 2 rings (SSSR count). The van der Waals surface area contributed by atoms with E-state index in [-0.39, 0.29) is 6.04 Å². The van der Waals surface area contributed by atoms with E-state index in [9.17, 15) is 0 Å². The molecule has 2 unspecified atom stereocenters. The van der Waals surface area contributed by atoms with Gasteiger partial charge in [0.25, 0.3) is 0 Å². The van der Waals surface area contributed by atoms with E-state index in [2.05, 4.69) is 28.4 Å². The maximum Gasteiger partial charge on any atom is 0.0948 e. The molecule has 5 nitrogen and oxygen atoms in total. The Morgan fingerprint density at radius 1 is 1.67 bits per heavy atom. The molecule has 2 atom stereocenters. The molecule has 1 aliphatic heterocycles. The molecule has 0 radical (unpaired) electrons. The zero-order valence-corrected chi connectivity index (χ0v) is 11.4. The summed E-state index contributed by atoms with van der Waals surface area (Å²) in [6.45, 7) is 5.47. The van der Waals surface area contributed by atoms with Crippen LogP contribution >= 0.6 is 0 Å². The fourth-order valence-electron chi connectivity index (χ4n) is 2.63. The van der Waals surface area contributed by atoms with Crippen molar-refractivity contribution in [3.8, 4) is 0 Å². The minimum absolute atomic E-state index is 0.228. The summed E-state index contributed by atoms with van der Waals surface area (Å²) in [7, 11) is 2.14. The van der Waals surface area contributed by atoms with Crippen molar-refractivity contribution >= 4 is 0 Å². The van der Waals surface area contributed by atoms with Crippen molar-refractivity contribution in [1.82, 2.24) is 14.5 Å². The fourth-order valence-corrected chi connectivity index (χ4v) is 2.63. The van der Waals surface area contributed by atoms with E-state index in [1.165, 1.54) is 5.69 Å². The van der Waals surface area contributed by atoms with E-state index in [0.29, 0.717) is 12.6 Å². The van der Waals surface area contributed by atoms with Crippen LogP contribution in [0.4, 0.5) is 0 Å². The van der Waals surface area contributed by atoms with Gasteiger partial charge in [-0.1, -0.05) is 6.92 Å². The van der Waals surface area contributed by atoms with Gasteiger partial charge in [0, 0.05) is 31.9 Å². The number of aromatic nitrogens is 2. The lowest BCUT2D eigenvalue weighted by atomic mass is 10.1. The van der Waals surface area contributed by atoms with Gasteiger partial charge in [-0.3, -0.25) is 4.90 Å². The molecule has 2 heterocycles. The largest absolute Gasteiger partial charge is 0.380 e. The highest BCUT2D eigenvalue weighted by Crippen LogP contribution is 2.23. The first kappa shape index (κ1) is 13.5. The molecular formula is C13H24N4O. The van der Waals surface area contributed by atoms with Crippen LogP contribution in [0.15, 0.2) is 12.5 Å². The van der Waals surface area contributed by atoms with E-state index in [1.807, 2.05) is 12.5 Å². The predicted octanol–water partition coefficient (Wildman–Crippen LogP) is 1.01. The van der Waals surface area contributed by atoms with Crippen molar-refractivity contribution < 1.29 is 4.74 Å². The van der Waals surface area contributed by atoms with Crippen LogP contribution in [0, 0.1) is 0 Å². The van der Waals surface area contributed by atoms with Gasteiger partial charge >= 0.3 is 0 Å². The Morgan fingerprint density at radius 2 is 2.50 bits per heavy atom. The van der Waals surface area contributed by atoms with Gasteiger partial charge in [0.1, 0.15) is 0 Å². The van der Waals surface area contributed by atoms with Crippen LogP contribution in [0.25, 0.3) is 0 Å². The summed E-state index contributed by atoms with van der Waals surface area (Å²) < 4.78 is 7.68. The molecule has 0 aliphatic carbocycles. The number of nitrogens with zero attached hydrogens (tertiary/aromatic N) is 3. The van der Waals surface area contributed by atoms with Gasteiger partial charge in [-0.25, -0.2) is 4.98 Å². The lowest BCUT2D eigenvalue weighted by molar-refractivity contribution is 0.131. The second-order valence-corrected chi connectivity index (χ2v) is 4.95. The average Bonchev–Trinajstić information content (AvgIpc) is 3.02. The second kappa shape index (κ2) is 6.31. The summed E-state index contributed by atoms with van der Waals surface area (Å²) in [4.78, 5) is 6.61. The molecule has 0 amide bonds. The summed E-state index contributed by atoms with van der Waals surface area (Å²) in [6, 6.07) is 0.703. The maximum atomic E-state index is 5.97. The molecule has 1 aliphatic rings. The van der Waals surface area contributed by atoms with Crippen LogP contribution in [0.2, 0.25) is 0 Å². The first-order valence-electron chi connectivity index (χ1n) is 6.77. The molecule has 0 bridgehead atoms. The molecule has 0 spiro atoms.